The predicted molar refractivity (Wildman–Crippen MR) is 76.3 cm³/mol. The van der Waals surface area contributed by atoms with E-state index in [2.05, 4.69) is 26.7 Å². The Morgan fingerprint density at radius 1 is 1.43 bits per heavy atom. The van der Waals surface area contributed by atoms with Crippen LogP contribution >= 0.6 is 0 Å². The van der Waals surface area contributed by atoms with E-state index in [1.807, 2.05) is 6.08 Å². The Morgan fingerprint density at radius 3 is 2.86 bits per heavy atom. The number of aromatic nitrogens is 4. The van der Waals surface area contributed by atoms with Crippen LogP contribution in [0.5, 0.6) is 5.88 Å². The maximum absolute atomic E-state index is 11.8. The van der Waals surface area contributed by atoms with Crippen molar-refractivity contribution >= 4 is 0 Å². The van der Waals surface area contributed by atoms with Gasteiger partial charge in [-0.2, -0.15) is 0 Å². The highest BCUT2D eigenvalue weighted by Crippen LogP contribution is 2.50. The summed E-state index contributed by atoms with van der Waals surface area (Å²) in [6, 6.07) is 1.78. The molecule has 108 valence electrons. The molecule has 2 atom stereocenters. The predicted octanol–water partition coefficient (Wildman–Crippen LogP) is 0.818. The molecule has 2 N–H and O–H groups in total. The Bertz CT molecular complexity index is 808. The van der Waals surface area contributed by atoms with E-state index in [1.54, 1.807) is 6.07 Å². The second-order valence-corrected chi connectivity index (χ2v) is 4.92. The van der Waals surface area contributed by atoms with E-state index in [0.29, 0.717) is 17.5 Å². The molecule has 0 spiro atoms. The van der Waals surface area contributed by atoms with Crippen molar-refractivity contribution in [3.63, 3.8) is 0 Å². The molecule has 1 aliphatic carbocycles. The SMILES string of the molecule is C=C[C@H]1C[C@@H]1c1cc(-c2c[nH]c(=O)[nH]c2=O)nnc1OC. The van der Waals surface area contributed by atoms with Gasteiger partial charge in [0.25, 0.3) is 5.56 Å². The third-order valence-electron chi connectivity index (χ3n) is 3.62. The van der Waals surface area contributed by atoms with Crippen LogP contribution in [0.2, 0.25) is 0 Å². The third-order valence-corrected chi connectivity index (χ3v) is 3.62. The average Bonchev–Trinajstić information content (AvgIpc) is 3.26. The largest absolute Gasteiger partial charge is 0.480 e. The summed E-state index contributed by atoms with van der Waals surface area (Å²) in [5.74, 6) is 1.13. The maximum atomic E-state index is 11.8. The van der Waals surface area contributed by atoms with Gasteiger partial charge in [0.2, 0.25) is 5.88 Å². The smallest absolute Gasteiger partial charge is 0.325 e. The third kappa shape index (κ3) is 2.37. The van der Waals surface area contributed by atoms with Crippen molar-refractivity contribution in [1.29, 1.82) is 0 Å². The van der Waals surface area contributed by atoms with Crippen molar-refractivity contribution in [3.05, 3.63) is 51.3 Å². The van der Waals surface area contributed by atoms with Gasteiger partial charge in [0.05, 0.1) is 12.7 Å². The van der Waals surface area contributed by atoms with E-state index in [0.717, 1.165) is 12.0 Å². The highest BCUT2D eigenvalue weighted by atomic mass is 16.5. The quantitative estimate of drug-likeness (QED) is 0.810. The summed E-state index contributed by atoms with van der Waals surface area (Å²) in [5, 5.41) is 8.00. The van der Waals surface area contributed by atoms with Crippen molar-refractivity contribution < 1.29 is 4.74 Å². The number of nitrogens with one attached hydrogen (secondary N) is 2. The molecule has 1 saturated carbocycles. The molecule has 0 radical (unpaired) electrons. The number of aromatic amines is 2. The van der Waals surface area contributed by atoms with E-state index >= 15 is 0 Å². The van der Waals surface area contributed by atoms with Crippen LogP contribution in [0.15, 0.2) is 34.5 Å². The van der Waals surface area contributed by atoms with Gasteiger partial charge in [-0.25, -0.2) is 4.79 Å². The summed E-state index contributed by atoms with van der Waals surface area (Å²) in [6.45, 7) is 3.79. The first kappa shape index (κ1) is 13.3. The highest BCUT2D eigenvalue weighted by Gasteiger charge is 2.38. The zero-order valence-corrected chi connectivity index (χ0v) is 11.4. The molecular weight excluding hydrogens is 272 g/mol. The lowest BCUT2D eigenvalue weighted by atomic mass is 10.1. The van der Waals surface area contributed by atoms with Crippen molar-refractivity contribution in [2.45, 2.75) is 12.3 Å². The van der Waals surface area contributed by atoms with E-state index < -0.39 is 11.2 Å². The van der Waals surface area contributed by atoms with Crippen LogP contribution in [0.3, 0.4) is 0 Å². The molecule has 0 amide bonds. The number of hydrogen-bond donors (Lipinski definition) is 2. The van der Waals surface area contributed by atoms with Crippen LogP contribution in [-0.2, 0) is 0 Å². The van der Waals surface area contributed by atoms with Gasteiger partial charge in [-0.1, -0.05) is 6.08 Å². The molecule has 7 heteroatoms. The minimum atomic E-state index is -0.556. The standard InChI is InChI=1S/C14H14N4O3/c1-3-7-4-8(7)9-5-11(17-18-13(9)21-2)10-6-15-14(20)16-12(10)19/h3,5-8H,1,4H2,2H3,(H2,15,16,19,20)/t7-,8-/m0/s1. The number of nitrogens with zero attached hydrogens (tertiary/aromatic N) is 2. The van der Waals surface area contributed by atoms with Crippen LogP contribution in [0.4, 0.5) is 0 Å². The normalized spacial score (nSPS) is 20.0. The number of ether oxygens (including phenoxy) is 1. The van der Waals surface area contributed by atoms with Gasteiger partial charge in [-0.15, -0.1) is 16.8 Å². The molecule has 2 aromatic rings. The molecule has 0 unspecified atom stereocenters. The lowest BCUT2D eigenvalue weighted by Gasteiger charge is -2.07. The Labute approximate surface area is 119 Å². The molecule has 0 saturated heterocycles. The summed E-state index contributed by atoms with van der Waals surface area (Å²) in [5.41, 5.74) is 0.511. The van der Waals surface area contributed by atoms with Crippen LogP contribution in [0, 0.1) is 5.92 Å². The number of methoxy groups -OCH3 is 1. The fourth-order valence-electron chi connectivity index (χ4n) is 2.38. The van der Waals surface area contributed by atoms with E-state index in [9.17, 15) is 9.59 Å². The summed E-state index contributed by atoms with van der Waals surface area (Å²) in [7, 11) is 1.53. The zero-order chi connectivity index (χ0) is 15.0. The minimum absolute atomic E-state index is 0.266. The first-order chi connectivity index (χ1) is 10.1. The number of H-pyrrole nitrogens is 2. The summed E-state index contributed by atoms with van der Waals surface area (Å²) < 4.78 is 5.23. The fourth-order valence-corrected chi connectivity index (χ4v) is 2.38. The van der Waals surface area contributed by atoms with Crippen molar-refractivity contribution in [2.24, 2.45) is 5.92 Å². The molecule has 7 nitrogen and oxygen atoms in total. The average molecular weight is 286 g/mol. The van der Waals surface area contributed by atoms with E-state index in [1.165, 1.54) is 13.3 Å². The number of rotatable bonds is 4. The van der Waals surface area contributed by atoms with Gasteiger partial charge in [0.1, 0.15) is 5.69 Å². The molecule has 0 bridgehead atoms. The molecule has 0 aromatic carbocycles. The summed E-state index contributed by atoms with van der Waals surface area (Å²) in [4.78, 5) is 27.5. The van der Waals surface area contributed by atoms with E-state index in [4.69, 9.17) is 4.74 Å². The van der Waals surface area contributed by atoms with Gasteiger partial charge in [-0.3, -0.25) is 9.78 Å². The van der Waals surface area contributed by atoms with Gasteiger partial charge in [-0.05, 0) is 24.3 Å². The lowest BCUT2D eigenvalue weighted by molar-refractivity contribution is 0.386. The Morgan fingerprint density at radius 2 is 2.24 bits per heavy atom. The zero-order valence-electron chi connectivity index (χ0n) is 11.4. The monoisotopic (exact) mass is 286 g/mol. The van der Waals surface area contributed by atoms with E-state index in [-0.39, 0.29) is 11.5 Å². The van der Waals surface area contributed by atoms with Crippen LogP contribution in [0.25, 0.3) is 11.3 Å². The number of hydrogen-bond acceptors (Lipinski definition) is 5. The maximum Gasteiger partial charge on any atom is 0.325 e. The molecule has 2 heterocycles. The van der Waals surface area contributed by atoms with Crippen LogP contribution < -0.4 is 16.0 Å². The molecule has 3 rings (SSSR count). The van der Waals surface area contributed by atoms with Crippen molar-refractivity contribution in [1.82, 2.24) is 20.2 Å². The van der Waals surface area contributed by atoms with Gasteiger partial charge < -0.3 is 9.72 Å². The van der Waals surface area contributed by atoms with Crippen LogP contribution in [0.1, 0.15) is 17.9 Å². The summed E-state index contributed by atoms with van der Waals surface area (Å²) in [6.07, 6.45) is 4.21. The van der Waals surface area contributed by atoms with Gasteiger partial charge >= 0.3 is 5.69 Å². The second kappa shape index (κ2) is 5.01. The van der Waals surface area contributed by atoms with Gasteiger partial charge in [0.15, 0.2) is 0 Å². The lowest BCUT2D eigenvalue weighted by Crippen LogP contribution is -2.23. The van der Waals surface area contributed by atoms with Crippen molar-refractivity contribution in [3.8, 4) is 17.1 Å². The first-order valence-electron chi connectivity index (χ1n) is 6.50. The van der Waals surface area contributed by atoms with Crippen molar-refractivity contribution in [2.75, 3.05) is 7.11 Å². The molecule has 0 aliphatic heterocycles. The molecule has 1 fully saturated rings. The molecule has 1 aliphatic rings. The number of allylic oxidation sites excluding steroid dienone is 1. The first-order valence-corrected chi connectivity index (χ1v) is 6.50. The Kier molecular flexibility index (Phi) is 3.17. The van der Waals surface area contributed by atoms with Crippen LogP contribution in [-0.4, -0.2) is 27.3 Å². The second-order valence-electron chi connectivity index (χ2n) is 4.92. The highest BCUT2D eigenvalue weighted by molar-refractivity contribution is 5.58. The minimum Gasteiger partial charge on any atom is -0.480 e. The fraction of sp³-hybridized carbons (Fsp3) is 0.286. The Balaban J connectivity index is 2.08. The topological polar surface area (TPSA) is 101 Å². The molecule has 2 aromatic heterocycles. The summed E-state index contributed by atoms with van der Waals surface area (Å²) >= 11 is 0. The molecule has 21 heavy (non-hydrogen) atoms. The molecular formula is C14H14N4O3. The Hall–Kier alpha value is -2.70. The van der Waals surface area contributed by atoms with Gasteiger partial charge in [0, 0.05) is 11.8 Å².